The third-order valence-electron chi connectivity index (χ3n) is 1.70. The van der Waals surface area contributed by atoms with Crippen molar-refractivity contribution < 1.29 is 14.3 Å². The standard InChI is InChI=1S/C9H8N2O3S2/c12-8(13)5-16-9-11-10-7(14-9)3-6-1-2-15-4-6/h1-2,4H,3,5H2,(H,12,13). The van der Waals surface area contributed by atoms with Crippen LogP contribution in [0.3, 0.4) is 0 Å². The van der Waals surface area contributed by atoms with Gasteiger partial charge in [-0.1, -0.05) is 11.8 Å². The molecule has 0 bridgehead atoms. The molecular formula is C9H8N2O3S2. The van der Waals surface area contributed by atoms with Gasteiger partial charge in [-0.25, -0.2) is 0 Å². The lowest BCUT2D eigenvalue weighted by Crippen LogP contribution is -1.97. The van der Waals surface area contributed by atoms with E-state index in [0.717, 1.165) is 17.3 Å². The normalized spacial score (nSPS) is 10.5. The molecule has 0 amide bonds. The molecule has 0 aromatic carbocycles. The molecule has 0 aliphatic heterocycles. The van der Waals surface area contributed by atoms with Crippen molar-refractivity contribution in [2.75, 3.05) is 5.75 Å². The number of aliphatic carboxylic acids is 1. The summed E-state index contributed by atoms with van der Waals surface area (Å²) in [5.74, 6) is -0.464. The van der Waals surface area contributed by atoms with E-state index in [1.54, 1.807) is 11.3 Å². The molecule has 2 aromatic rings. The molecule has 0 saturated carbocycles. The zero-order valence-electron chi connectivity index (χ0n) is 8.12. The third-order valence-corrected chi connectivity index (χ3v) is 3.24. The van der Waals surface area contributed by atoms with Gasteiger partial charge in [-0.2, -0.15) is 11.3 Å². The smallest absolute Gasteiger partial charge is 0.314 e. The van der Waals surface area contributed by atoms with Gasteiger partial charge in [0.25, 0.3) is 5.22 Å². The van der Waals surface area contributed by atoms with Gasteiger partial charge in [-0.15, -0.1) is 10.2 Å². The van der Waals surface area contributed by atoms with Gasteiger partial charge in [0.2, 0.25) is 5.89 Å². The van der Waals surface area contributed by atoms with Crippen LogP contribution in [0.1, 0.15) is 11.5 Å². The monoisotopic (exact) mass is 256 g/mol. The Hall–Kier alpha value is -1.34. The number of hydrogen-bond donors (Lipinski definition) is 1. The van der Waals surface area contributed by atoms with Gasteiger partial charge in [0.15, 0.2) is 0 Å². The summed E-state index contributed by atoms with van der Waals surface area (Å²) in [6.45, 7) is 0. The number of hydrogen-bond acceptors (Lipinski definition) is 6. The highest BCUT2D eigenvalue weighted by Crippen LogP contribution is 2.18. The molecule has 2 aromatic heterocycles. The summed E-state index contributed by atoms with van der Waals surface area (Å²) < 4.78 is 5.29. The number of aromatic nitrogens is 2. The highest BCUT2D eigenvalue weighted by atomic mass is 32.2. The molecule has 0 aliphatic carbocycles. The molecular weight excluding hydrogens is 248 g/mol. The van der Waals surface area contributed by atoms with Crippen LogP contribution in [-0.4, -0.2) is 27.0 Å². The lowest BCUT2D eigenvalue weighted by Gasteiger charge is -1.90. The van der Waals surface area contributed by atoms with Crippen molar-refractivity contribution in [3.63, 3.8) is 0 Å². The molecule has 16 heavy (non-hydrogen) atoms. The van der Waals surface area contributed by atoms with E-state index in [9.17, 15) is 4.79 Å². The predicted molar refractivity (Wildman–Crippen MR) is 59.8 cm³/mol. The first-order valence-electron chi connectivity index (χ1n) is 4.42. The first-order valence-corrected chi connectivity index (χ1v) is 6.35. The van der Waals surface area contributed by atoms with Crippen LogP contribution in [0.4, 0.5) is 0 Å². The fraction of sp³-hybridized carbons (Fsp3) is 0.222. The lowest BCUT2D eigenvalue weighted by atomic mass is 10.2. The maximum absolute atomic E-state index is 10.3. The van der Waals surface area contributed by atoms with E-state index < -0.39 is 5.97 Å². The molecule has 0 fully saturated rings. The number of carboxylic acids is 1. The zero-order chi connectivity index (χ0) is 11.4. The van der Waals surface area contributed by atoms with Gasteiger partial charge in [0, 0.05) is 0 Å². The number of rotatable bonds is 5. The summed E-state index contributed by atoms with van der Waals surface area (Å²) in [6, 6.07) is 1.99. The molecule has 84 valence electrons. The highest BCUT2D eigenvalue weighted by molar-refractivity contribution is 7.99. The van der Waals surface area contributed by atoms with E-state index in [-0.39, 0.29) is 5.75 Å². The highest BCUT2D eigenvalue weighted by Gasteiger charge is 2.09. The molecule has 0 radical (unpaired) electrons. The largest absolute Gasteiger partial charge is 0.481 e. The van der Waals surface area contributed by atoms with Crippen LogP contribution in [0.15, 0.2) is 26.5 Å². The molecule has 2 heterocycles. The van der Waals surface area contributed by atoms with Crippen molar-refractivity contribution in [1.29, 1.82) is 0 Å². The lowest BCUT2D eigenvalue weighted by molar-refractivity contribution is -0.133. The Labute approximate surface area is 99.5 Å². The Morgan fingerprint density at radius 1 is 1.56 bits per heavy atom. The van der Waals surface area contributed by atoms with E-state index >= 15 is 0 Å². The van der Waals surface area contributed by atoms with Crippen LogP contribution in [0.2, 0.25) is 0 Å². The summed E-state index contributed by atoms with van der Waals surface area (Å²) in [5.41, 5.74) is 1.11. The van der Waals surface area contributed by atoms with Crippen LogP contribution in [-0.2, 0) is 11.2 Å². The molecule has 0 spiro atoms. The molecule has 0 atom stereocenters. The third kappa shape index (κ3) is 3.07. The minimum absolute atomic E-state index is 0.0694. The number of thioether (sulfide) groups is 1. The topological polar surface area (TPSA) is 76.2 Å². The van der Waals surface area contributed by atoms with Crippen LogP contribution >= 0.6 is 23.1 Å². The van der Waals surface area contributed by atoms with Gasteiger partial charge < -0.3 is 9.52 Å². The van der Waals surface area contributed by atoms with E-state index in [1.165, 1.54) is 0 Å². The van der Waals surface area contributed by atoms with Crippen molar-refractivity contribution in [3.05, 3.63) is 28.3 Å². The second kappa shape index (κ2) is 5.13. The number of thiophene rings is 1. The summed E-state index contributed by atoms with van der Waals surface area (Å²) in [5, 5.41) is 20.4. The van der Waals surface area contributed by atoms with Crippen molar-refractivity contribution >= 4 is 29.1 Å². The molecule has 1 N–H and O–H groups in total. The van der Waals surface area contributed by atoms with Gasteiger partial charge in [0.1, 0.15) is 5.75 Å². The van der Waals surface area contributed by atoms with Crippen LogP contribution in [0.25, 0.3) is 0 Å². The van der Waals surface area contributed by atoms with E-state index in [2.05, 4.69) is 10.2 Å². The predicted octanol–water partition coefficient (Wildman–Crippen LogP) is 1.90. The van der Waals surface area contributed by atoms with Crippen molar-refractivity contribution in [3.8, 4) is 0 Å². The molecule has 2 rings (SSSR count). The Morgan fingerprint density at radius 2 is 2.44 bits per heavy atom. The second-order valence-electron chi connectivity index (χ2n) is 2.95. The van der Waals surface area contributed by atoms with Crippen LogP contribution < -0.4 is 0 Å². The minimum Gasteiger partial charge on any atom is -0.481 e. The summed E-state index contributed by atoms with van der Waals surface area (Å²) in [6.07, 6.45) is 0.587. The average molecular weight is 256 g/mol. The molecule has 0 saturated heterocycles. The second-order valence-corrected chi connectivity index (χ2v) is 4.66. The number of carbonyl (C=O) groups is 1. The van der Waals surface area contributed by atoms with E-state index in [4.69, 9.17) is 9.52 Å². The Kier molecular flexibility index (Phi) is 3.58. The van der Waals surface area contributed by atoms with Gasteiger partial charge in [-0.3, -0.25) is 4.79 Å². The van der Waals surface area contributed by atoms with Gasteiger partial charge >= 0.3 is 5.97 Å². The minimum atomic E-state index is -0.900. The molecule has 0 unspecified atom stereocenters. The molecule has 7 heteroatoms. The van der Waals surface area contributed by atoms with E-state index in [0.29, 0.717) is 17.5 Å². The Bertz CT molecular complexity index is 467. The van der Waals surface area contributed by atoms with Crippen LogP contribution in [0, 0.1) is 0 Å². The summed E-state index contributed by atoms with van der Waals surface area (Å²) >= 11 is 2.63. The van der Waals surface area contributed by atoms with Crippen molar-refractivity contribution in [2.45, 2.75) is 11.6 Å². The maximum Gasteiger partial charge on any atom is 0.314 e. The van der Waals surface area contributed by atoms with Crippen LogP contribution in [0.5, 0.6) is 0 Å². The Balaban J connectivity index is 1.94. The van der Waals surface area contributed by atoms with Crippen molar-refractivity contribution in [1.82, 2.24) is 10.2 Å². The Morgan fingerprint density at radius 3 is 3.12 bits per heavy atom. The maximum atomic E-state index is 10.3. The zero-order valence-corrected chi connectivity index (χ0v) is 9.75. The van der Waals surface area contributed by atoms with Gasteiger partial charge in [-0.05, 0) is 22.4 Å². The summed E-state index contributed by atoms with van der Waals surface area (Å²) in [4.78, 5) is 10.3. The molecule has 0 aliphatic rings. The van der Waals surface area contributed by atoms with E-state index in [1.807, 2.05) is 16.8 Å². The fourth-order valence-corrected chi connectivity index (χ4v) is 2.23. The SMILES string of the molecule is O=C(O)CSc1nnc(Cc2ccsc2)o1. The summed E-state index contributed by atoms with van der Waals surface area (Å²) in [7, 11) is 0. The quantitative estimate of drug-likeness (QED) is 0.823. The average Bonchev–Trinajstić information content (AvgIpc) is 2.87. The first kappa shape index (κ1) is 11.2. The van der Waals surface area contributed by atoms with Gasteiger partial charge in [0.05, 0.1) is 6.42 Å². The molecule has 5 nitrogen and oxygen atoms in total. The fourth-order valence-electron chi connectivity index (χ4n) is 1.06. The van der Waals surface area contributed by atoms with Crippen molar-refractivity contribution in [2.24, 2.45) is 0 Å². The number of carboxylic acid groups (broad SMARTS) is 1. The first-order chi connectivity index (χ1) is 7.74. The number of nitrogens with zero attached hydrogens (tertiary/aromatic N) is 2.